The Morgan fingerprint density at radius 3 is 2.94 bits per heavy atom. The predicted octanol–water partition coefficient (Wildman–Crippen LogP) is 1.43. The van der Waals surface area contributed by atoms with Gasteiger partial charge in [-0.05, 0) is 35.1 Å². The Balaban J connectivity index is 1.96. The summed E-state index contributed by atoms with van der Waals surface area (Å²) in [5.41, 5.74) is 0.364. The number of aromatic nitrogens is 4. The number of carboxylic acids is 1. The van der Waals surface area contributed by atoms with E-state index in [1.54, 1.807) is 4.68 Å². The zero-order valence-corrected chi connectivity index (χ0v) is 10.6. The molecule has 0 bridgehead atoms. The number of rotatable bonds is 7. The highest BCUT2D eigenvalue weighted by Gasteiger charge is 2.42. The van der Waals surface area contributed by atoms with E-state index < -0.39 is 5.97 Å². The van der Waals surface area contributed by atoms with Crippen molar-refractivity contribution in [3.63, 3.8) is 0 Å². The van der Waals surface area contributed by atoms with Crippen LogP contribution >= 0.6 is 11.8 Å². The molecule has 0 radical (unpaired) electrons. The summed E-state index contributed by atoms with van der Waals surface area (Å²) in [5, 5.41) is 20.7. The average molecular weight is 256 g/mol. The Bertz CT molecular complexity index is 403. The summed E-state index contributed by atoms with van der Waals surface area (Å²) in [6.07, 6.45) is 4.81. The van der Waals surface area contributed by atoms with Gasteiger partial charge in [0.05, 0.1) is 12.3 Å². The minimum atomic E-state index is -0.848. The lowest BCUT2D eigenvalue weighted by molar-refractivity contribution is -0.133. The maximum absolute atomic E-state index is 10.5. The Kier molecular flexibility index (Phi) is 3.66. The lowest BCUT2D eigenvalue weighted by Gasteiger charge is -2.13. The molecule has 1 N–H and O–H groups in total. The fourth-order valence-corrected chi connectivity index (χ4v) is 2.63. The third-order valence-electron chi connectivity index (χ3n) is 3.05. The number of thioether (sulfide) groups is 1. The van der Waals surface area contributed by atoms with Crippen LogP contribution < -0.4 is 0 Å². The van der Waals surface area contributed by atoms with E-state index in [0.29, 0.717) is 10.6 Å². The molecule has 7 heteroatoms. The second-order valence-corrected chi connectivity index (χ2v) is 5.49. The molecule has 1 aliphatic carbocycles. The van der Waals surface area contributed by atoms with Crippen molar-refractivity contribution in [2.45, 2.75) is 44.3 Å². The van der Waals surface area contributed by atoms with E-state index in [9.17, 15) is 4.79 Å². The van der Waals surface area contributed by atoms with Crippen molar-refractivity contribution in [1.82, 2.24) is 20.2 Å². The number of tetrazole rings is 1. The van der Waals surface area contributed by atoms with Crippen LogP contribution in [0.4, 0.5) is 0 Å². The number of aliphatic carboxylic acids is 1. The molecule has 1 heterocycles. The second-order valence-electron chi connectivity index (χ2n) is 4.55. The fourth-order valence-electron chi connectivity index (χ4n) is 2.04. The van der Waals surface area contributed by atoms with Crippen LogP contribution in [-0.4, -0.2) is 37.0 Å². The summed E-state index contributed by atoms with van der Waals surface area (Å²) in [4.78, 5) is 10.5. The molecule has 0 saturated heterocycles. The second kappa shape index (κ2) is 5.03. The highest BCUT2D eigenvalue weighted by atomic mass is 32.2. The quantitative estimate of drug-likeness (QED) is 0.743. The molecule has 0 aromatic carbocycles. The SMILES string of the molecule is CCCC1(Cn2nnnc2SCC(=O)O)CC1. The Morgan fingerprint density at radius 2 is 2.35 bits per heavy atom. The highest BCUT2D eigenvalue weighted by molar-refractivity contribution is 7.99. The summed E-state index contributed by atoms with van der Waals surface area (Å²) < 4.78 is 1.75. The van der Waals surface area contributed by atoms with Gasteiger partial charge in [0.1, 0.15) is 0 Å². The summed E-state index contributed by atoms with van der Waals surface area (Å²) in [5.74, 6) is -0.847. The first-order chi connectivity index (χ1) is 8.15. The first-order valence-corrected chi connectivity index (χ1v) is 6.74. The third-order valence-corrected chi connectivity index (χ3v) is 3.99. The highest BCUT2D eigenvalue weighted by Crippen LogP contribution is 2.51. The maximum atomic E-state index is 10.5. The van der Waals surface area contributed by atoms with Gasteiger partial charge in [0, 0.05) is 0 Å². The molecule has 6 nitrogen and oxygen atoms in total. The van der Waals surface area contributed by atoms with E-state index in [2.05, 4.69) is 22.4 Å². The van der Waals surface area contributed by atoms with E-state index in [1.165, 1.54) is 37.4 Å². The van der Waals surface area contributed by atoms with Crippen LogP contribution in [0.2, 0.25) is 0 Å². The van der Waals surface area contributed by atoms with Crippen molar-refractivity contribution in [3.8, 4) is 0 Å². The van der Waals surface area contributed by atoms with Crippen LogP contribution in [0.1, 0.15) is 32.6 Å². The summed E-state index contributed by atoms with van der Waals surface area (Å²) in [6.45, 7) is 3.00. The Hall–Kier alpha value is -1.11. The van der Waals surface area contributed by atoms with Crippen molar-refractivity contribution >= 4 is 17.7 Å². The molecule has 0 aliphatic heterocycles. The van der Waals surface area contributed by atoms with Crippen molar-refractivity contribution in [2.24, 2.45) is 5.41 Å². The predicted molar refractivity (Wildman–Crippen MR) is 62.8 cm³/mol. The van der Waals surface area contributed by atoms with Crippen molar-refractivity contribution in [1.29, 1.82) is 0 Å². The molecule has 1 aromatic heterocycles. The summed E-state index contributed by atoms with van der Waals surface area (Å²) >= 11 is 1.18. The van der Waals surface area contributed by atoms with Crippen LogP contribution in [-0.2, 0) is 11.3 Å². The van der Waals surface area contributed by atoms with E-state index in [-0.39, 0.29) is 5.75 Å². The molecular formula is C10H16N4O2S. The van der Waals surface area contributed by atoms with Crippen LogP contribution in [0.5, 0.6) is 0 Å². The van der Waals surface area contributed by atoms with Gasteiger partial charge in [-0.3, -0.25) is 4.79 Å². The van der Waals surface area contributed by atoms with Crippen LogP contribution in [0.3, 0.4) is 0 Å². The van der Waals surface area contributed by atoms with Crippen molar-refractivity contribution in [3.05, 3.63) is 0 Å². The van der Waals surface area contributed by atoms with E-state index in [1.807, 2.05) is 0 Å². The number of nitrogens with zero attached hydrogens (tertiary/aromatic N) is 4. The van der Waals surface area contributed by atoms with Crippen molar-refractivity contribution < 1.29 is 9.90 Å². The van der Waals surface area contributed by atoms with Gasteiger partial charge in [0.15, 0.2) is 0 Å². The molecule has 0 atom stereocenters. The number of carboxylic acid groups (broad SMARTS) is 1. The molecule has 17 heavy (non-hydrogen) atoms. The van der Waals surface area contributed by atoms with Gasteiger partial charge >= 0.3 is 5.97 Å². The maximum Gasteiger partial charge on any atom is 0.313 e. The summed E-state index contributed by atoms with van der Waals surface area (Å²) in [7, 11) is 0. The average Bonchev–Trinajstić information content (AvgIpc) is 2.88. The van der Waals surface area contributed by atoms with Gasteiger partial charge in [-0.2, -0.15) is 0 Å². The zero-order valence-electron chi connectivity index (χ0n) is 9.80. The van der Waals surface area contributed by atoms with Gasteiger partial charge in [0.25, 0.3) is 0 Å². The molecular weight excluding hydrogens is 240 g/mol. The first-order valence-electron chi connectivity index (χ1n) is 5.76. The number of hydrogen-bond acceptors (Lipinski definition) is 5. The Morgan fingerprint density at radius 1 is 1.59 bits per heavy atom. The first kappa shape index (κ1) is 12.3. The minimum Gasteiger partial charge on any atom is -0.481 e. The largest absolute Gasteiger partial charge is 0.481 e. The normalized spacial score (nSPS) is 17.0. The number of hydrogen-bond donors (Lipinski definition) is 1. The topological polar surface area (TPSA) is 80.9 Å². The molecule has 1 saturated carbocycles. The molecule has 2 rings (SSSR count). The molecule has 1 aliphatic rings. The van der Waals surface area contributed by atoms with E-state index in [0.717, 1.165) is 6.54 Å². The lowest BCUT2D eigenvalue weighted by atomic mass is 10.0. The minimum absolute atomic E-state index is 0.00114. The lowest BCUT2D eigenvalue weighted by Crippen LogP contribution is -2.14. The monoisotopic (exact) mass is 256 g/mol. The van der Waals surface area contributed by atoms with Gasteiger partial charge < -0.3 is 5.11 Å². The van der Waals surface area contributed by atoms with Gasteiger partial charge in [-0.1, -0.05) is 25.1 Å². The zero-order chi connectivity index (χ0) is 12.3. The van der Waals surface area contributed by atoms with Crippen molar-refractivity contribution in [2.75, 3.05) is 5.75 Å². The molecule has 94 valence electrons. The van der Waals surface area contributed by atoms with E-state index >= 15 is 0 Å². The molecule has 0 unspecified atom stereocenters. The van der Waals surface area contributed by atoms with Crippen LogP contribution in [0.15, 0.2) is 5.16 Å². The third kappa shape index (κ3) is 3.18. The smallest absolute Gasteiger partial charge is 0.313 e. The van der Waals surface area contributed by atoms with Gasteiger partial charge in [0.2, 0.25) is 5.16 Å². The van der Waals surface area contributed by atoms with Crippen LogP contribution in [0, 0.1) is 5.41 Å². The Labute approximate surface area is 104 Å². The fraction of sp³-hybridized carbons (Fsp3) is 0.800. The van der Waals surface area contributed by atoms with E-state index in [4.69, 9.17) is 5.11 Å². The van der Waals surface area contributed by atoms with Crippen LogP contribution in [0.25, 0.3) is 0 Å². The van der Waals surface area contributed by atoms with Gasteiger partial charge in [-0.25, -0.2) is 4.68 Å². The molecule has 0 spiro atoms. The summed E-state index contributed by atoms with van der Waals surface area (Å²) in [6, 6.07) is 0. The standard InChI is InChI=1S/C10H16N4O2S/c1-2-3-10(4-5-10)7-14-9(11-12-13-14)17-6-8(15)16/h2-7H2,1H3,(H,15,16). The van der Waals surface area contributed by atoms with Gasteiger partial charge in [-0.15, -0.1) is 5.10 Å². The molecule has 0 amide bonds. The number of carbonyl (C=O) groups is 1. The molecule has 1 aromatic rings. The molecule has 1 fully saturated rings.